The van der Waals surface area contributed by atoms with Crippen molar-refractivity contribution in [1.82, 2.24) is 24.8 Å². The Bertz CT molecular complexity index is 1010. The molecule has 2 amide bonds. The molecule has 2 fully saturated rings. The molecular weight excluding hydrogens is 392 g/mol. The van der Waals surface area contributed by atoms with Gasteiger partial charge in [0.15, 0.2) is 0 Å². The SMILES string of the molecule is CN(C(=O)C1CC1)[C@H]1CCN(C(=O)c2cnc3c(c2)CCC(C)(c2cncnc2)N3)C1. The summed E-state index contributed by atoms with van der Waals surface area (Å²) in [5, 5.41) is 3.52. The Labute approximate surface area is 182 Å². The van der Waals surface area contributed by atoms with Gasteiger partial charge in [-0.1, -0.05) is 0 Å². The van der Waals surface area contributed by atoms with Gasteiger partial charge in [0.1, 0.15) is 12.1 Å². The van der Waals surface area contributed by atoms with Gasteiger partial charge in [0.2, 0.25) is 5.91 Å². The summed E-state index contributed by atoms with van der Waals surface area (Å²) in [6.45, 7) is 3.39. The number of likely N-dealkylation sites (tertiary alicyclic amines) is 1. The third kappa shape index (κ3) is 3.75. The summed E-state index contributed by atoms with van der Waals surface area (Å²) in [4.78, 5) is 42.0. The quantitative estimate of drug-likeness (QED) is 0.816. The lowest BCUT2D eigenvalue weighted by Gasteiger charge is -2.36. The number of likely N-dealkylation sites (N-methyl/N-ethyl adjacent to an activating group) is 1. The van der Waals surface area contributed by atoms with E-state index < -0.39 is 0 Å². The van der Waals surface area contributed by atoms with Crippen molar-refractivity contribution in [2.24, 2.45) is 5.92 Å². The zero-order valence-electron chi connectivity index (χ0n) is 18.0. The van der Waals surface area contributed by atoms with Crippen LogP contribution >= 0.6 is 0 Å². The second kappa shape index (κ2) is 7.59. The molecule has 8 nitrogen and oxygen atoms in total. The number of aryl methyl sites for hydroxylation is 1. The van der Waals surface area contributed by atoms with Crippen LogP contribution in [0.4, 0.5) is 5.82 Å². The Hall–Kier alpha value is -3.03. The summed E-state index contributed by atoms with van der Waals surface area (Å²) in [6, 6.07) is 2.07. The van der Waals surface area contributed by atoms with Crippen molar-refractivity contribution in [2.75, 3.05) is 25.5 Å². The zero-order chi connectivity index (χ0) is 21.6. The number of nitrogens with zero attached hydrogens (tertiary/aromatic N) is 5. The lowest BCUT2D eigenvalue weighted by atomic mass is 9.84. The molecule has 31 heavy (non-hydrogen) atoms. The highest BCUT2D eigenvalue weighted by molar-refractivity contribution is 5.94. The van der Waals surface area contributed by atoms with Gasteiger partial charge >= 0.3 is 0 Å². The van der Waals surface area contributed by atoms with E-state index in [1.165, 1.54) is 6.33 Å². The minimum absolute atomic E-state index is 0.00475. The van der Waals surface area contributed by atoms with E-state index in [2.05, 4.69) is 27.2 Å². The number of hydrogen-bond acceptors (Lipinski definition) is 6. The molecule has 0 radical (unpaired) electrons. The molecule has 1 aliphatic carbocycles. The van der Waals surface area contributed by atoms with E-state index in [1.807, 2.05) is 35.3 Å². The maximum absolute atomic E-state index is 13.1. The first-order valence-electron chi connectivity index (χ1n) is 11.0. The normalized spacial score (nSPS) is 25.0. The molecule has 1 N–H and O–H groups in total. The highest BCUT2D eigenvalue weighted by Crippen LogP contribution is 2.36. The summed E-state index contributed by atoms with van der Waals surface area (Å²) in [6.07, 6.45) is 11.4. The largest absolute Gasteiger partial charge is 0.360 e. The van der Waals surface area contributed by atoms with E-state index in [4.69, 9.17) is 0 Å². The topological polar surface area (TPSA) is 91.3 Å². The van der Waals surface area contributed by atoms with Crippen molar-refractivity contribution in [3.8, 4) is 0 Å². The lowest BCUT2D eigenvalue weighted by molar-refractivity contribution is -0.133. The van der Waals surface area contributed by atoms with Gasteiger partial charge in [0, 0.05) is 50.2 Å². The standard InChI is InChI=1S/C23H28N6O2/c1-23(18-11-24-14-25-12-18)7-5-16-9-17(10-26-20(16)27-23)22(31)29-8-6-19(13-29)28(2)21(30)15-3-4-15/h9-12,14-15,19H,3-8,13H2,1-2H3,(H,26,27)/t19-,23?/m0/s1. The van der Waals surface area contributed by atoms with Crippen molar-refractivity contribution in [1.29, 1.82) is 0 Å². The third-order valence-corrected chi connectivity index (χ3v) is 6.97. The number of amides is 2. The predicted molar refractivity (Wildman–Crippen MR) is 115 cm³/mol. The Morgan fingerprint density at radius 1 is 1.19 bits per heavy atom. The monoisotopic (exact) mass is 420 g/mol. The van der Waals surface area contributed by atoms with Crippen LogP contribution in [-0.4, -0.2) is 62.7 Å². The summed E-state index contributed by atoms with van der Waals surface area (Å²) in [5.74, 6) is 1.24. The van der Waals surface area contributed by atoms with Crippen molar-refractivity contribution >= 4 is 17.6 Å². The zero-order valence-corrected chi connectivity index (χ0v) is 18.0. The van der Waals surface area contributed by atoms with E-state index in [-0.39, 0.29) is 29.3 Å². The van der Waals surface area contributed by atoms with Crippen LogP contribution < -0.4 is 5.32 Å². The number of nitrogens with one attached hydrogen (secondary N) is 1. The molecule has 1 saturated carbocycles. The van der Waals surface area contributed by atoms with Crippen LogP contribution in [0.5, 0.6) is 0 Å². The van der Waals surface area contributed by atoms with Gasteiger partial charge in [-0.05, 0) is 50.7 Å². The number of carbonyl (C=O) groups is 2. The highest BCUT2D eigenvalue weighted by Gasteiger charge is 2.38. The number of carbonyl (C=O) groups excluding carboxylic acids is 2. The van der Waals surface area contributed by atoms with Gasteiger partial charge in [-0.2, -0.15) is 0 Å². The third-order valence-electron chi connectivity index (χ3n) is 6.97. The van der Waals surface area contributed by atoms with Crippen LogP contribution in [0.2, 0.25) is 0 Å². The van der Waals surface area contributed by atoms with Crippen LogP contribution in [0.3, 0.4) is 0 Å². The fourth-order valence-electron chi connectivity index (χ4n) is 4.66. The number of aromatic nitrogens is 3. The molecule has 2 aliphatic heterocycles. The molecule has 2 atom stereocenters. The van der Waals surface area contributed by atoms with Crippen LogP contribution in [-0.2, 0) is 16.8 Å². The summed E-state index contributed by atoms with van der Waals surface area (Å²) < 4.78 is 0. The maximum Gasteiger partial charge on any atom is 0.255 e. The number of anilines is 1. The lowest BCUT2D eigenvalue weighted by Crippen LogP contribution is -2.41. The van der Waals surface area contributed by atoms with Crippen LogP contribution in [0.25, 0.3) is 0 Å². The predicted octanol–water partition coefficient (Wildman–Crippen LogP) is 2.23. The van der Waals surface area contributed by atoms with E-state index in [0.717, 1.165) is 49.0 Å². The number of hydrogen-bond donors (Lipinski definition) is 1. The van der Waals surface area contributed by atoms with E-state index >= 15 is 0 Å². The summed E-state index contributed by atoms with van der Waals surface area (Å²) in [5.41, 5.74) is 2.41. The molecule has 0 spiro atoms. The van der Waals surface area contributed by atoms with Crippen LogP contribution in [0, 0.1) is 5.92 Å². The van der Waals surface area contributed by atoms with E-state index in [9.17, 15) is 9.59 Å². The van der Waals surface area contributed by atoms with Crippen molar-refractivity contribution in [3.63, 3.8) is 0 Å². The van der Waals surface area contributed by atoms with Gasteiger partial charge in [-0.25, -0.2) is 15.0 Å². The van der Waals surface area contributed by atoms with Gasteiger partial charge < -0.3 is 15.1 Å². The maximum atomic E-state index is 13.1. The molecular formula is C23H28N6O2. The minimum atomic E-state index is -0.284. The average molecular weight is 421 g/mol. The van der Waals surface area contributed by atoms with Gasteiger partial charge in [0.05, 0.1) is 17.1 Å². The Morgan fingerprint density at radius 2 is 1.97 bits per heavy atom. The first kappa shape index (κ1) is 19.9. The molecule has 162 valence electrons. The Kier molecular flexibility index (Phi) is 4.87. The average Bonchev–Trinajstić information content (AvgIpc) is 3.54. The fourth-order valence-corrected chi connectivity index (χ4v) is 4.66. The fraction of sp³-hybridized carbons (Fsp3) is 0.522. The highest BCUT2D eigenvalue weighted by atomic mass is 16.2. The van der Waals surface area contributed by atoms with Gasteiger partial charge in [-0.3, -0.25) is 9.59 Å². The van der Waals surface area contributed by atoms with Crippen molar-refractivity contribution in [2.45, 2.75) is 50.6 Å². The van der Waals surface area contributed by atoms with E-state index in [1.54, 1.807) is 6.20 Å². The molecule has 0 aromatic carbocycles. The number of pyridine rings is 1. The first-order chi connectivity index (χ1) is 14.9. The molecule has 1 unspecified atom stereocenters. The van der Waals surface area contributed by atoms with Crippen molar-refractivity contribution < 1.29 is 9.59 Å². The second-order valence-electron chi connectivity index (χ2n) is 9.23. The number of rotatable bonds is 4. The van der Waals surface area contributed by atoms with Crippen LogP contribution in [0.15, 0.2) is 31.0 Å². The number of fused-ring (bicyclic) bond motifs is 1. The van der Waals surface area contributed by atoms with Gasteiger partial charge in [-0.15, -0.1) is 0 Å². The molecule has 2 aromatic rings. The molecule has 1 saturated heterocycles. The second-order valence-corrected chi connectivity index (χ2v) is 9.23. The molecule has 4 heterocycles. The summed E-state index contributed by atoms with van der Waals surface area (Å²) in [7, 11) is 1.88. The molecule has 5 rings (SSSR count). The summed E-state index contributed by atoms with van der Waals surface area (Å²) >= 11 is 0. The van der Waals surface area contributed by atoms with Crippen molar-refractivity contribution in [3.05, 3.63) is 47.7 Å². The van der Waals surface area contributed by atoms with E-state index in [0.29, 0.717) is 18.7 Å². The molecule has 8 heteroatoms. The van der Waals surface area contributed by atoms with Crippen LogP contribution in [0.1, 0.15) is 54.1 Å². The minimum Gasteiger partial charge on any atom is -0.360 e. The smallest absolute Gasteiger partial charge is 0.255 e. The molecule has 3 aliphatic rings. The Balaban J connectivity index is 1.27. The first-order valence-corrected chi connectivity index (χ1v) is 11.0. The molecule has 2 aromatic heterocycles. The Morgan fingerprint density at radius 3 is 2.71 bits per heavy atom. The van der Waals surface area contributed by atoms with Gasteiger partial charge in [0.25, 0.3) is 5.91 Å². The molecule has 0 bridgehead atoms.